The van der Waals surface area contributed by atoms with E-state index in [2.05, 4.69) is 24.1 Å². The summed E-state index contributed by atoms with van der Waals surface area (Å²) in [5, 5.41) is 3.42. The molecule has 2 amide bonds. The number of likely N-dealkylation sites (N-methyl/N-ethyl adjacent to an activating group) is 1. The molecule has 8 heteroatoms. The van der Waals surface area contributed by atoms with Crippen LogP contribution in [0, 0.1) is 5.92 Å². The second kappa shape index (κ2) is 11.1. The largest absolute Gasteiger partial charge is 0.461 e. The molecule has 1 N–H and O–H groups in total. The molecule has 2 aromatic carbocycles. The fraction of sp³-hybridized carbons (Fsp3) is 0.375. The minimum atomic E-state index is -0.456. The van der Waals surface area contributed by atoms with Crippen LogP contribution in [0.25, 0.3) is 0 Å². The Kier molecular flexibility index (Phi) is 8.25. The number of carbonyl (C=O) groups excluding carboxylic acids is 3. The van der Waals surface area contributed by atoms with Gasteiger partial charge in [0.2, 0.25) is 11.8 Å². The molecule has 0 aliphatic carbocycles. The first-order valence-electron chi connectivity index (χ1n) is 10.8. The Morgan fingerprint density at radius 3 is 2.38 bits per heavy atom. The Hall–Kier alpha value is -2.90. The lowest BCUT2D eigenvalue weighted by molar-refractivity contribution is -0.122. The van der Waals surface area contributed by atoms with E-state index in [1.807, 2.05) is 0 Å². The SMILES string of the molecule is CCN(CC)CCOC(=O)c1ccc(NC(=O)C2CC(=O)N(c3ccc(Cl)cc3)C2)cc1. The van der Waals surface area contributed by atoms with Crippen molar-refractivity contribution >= 4 is 40.8 Å². The van der Waals surface area contributed by atoms with Crippen molar-refractivity contribution in [1.29, 1.82) is 0 Å². The minimum Gasteiger partial charge on any atom is -0.461 e. The maximum absolute atomic E-state index is 12.7. The predicted octanol–water partition coefficient (Wildman–Crippen LogP) is 3.83. The first kappa shape index (κ1) is 23.8. The van der Waals surface area contributed by atoms with Crippen LogP contribution in [0.3, 0.4) is 0 Å². The van der Waals surface area contributed by atoms with Gasteiger partial charge in [-0.1, -0.05) is 25.4 Å². The van der Waals surface area contributed by atoms with Crippen LogP contribution < -0.4 is 10.2 Å². The maximum atomic E-state index is 12.7. The van der Waals surface area contributed by atoms with E-state index in [0.29, 0.717) is 36.0 Å². The second-order valence-electron chi connectivity index (χ2n) is 7.61. The van der Waals surface area contributed by atoms with Crippen LogP contribution in [0.5, 0.6) is 0 Å². The van der Waals surface area contributed by atoms with Gasteiger partial charge in [0.15, 0.2) is 0 Å². The fourth-order valence-corrected chi connectivity index (χ4v) is 3.70. The van der Waals surface area contributed by atoms with Crippen molar-refractivity contribution in [2.24, 2.45) is 5.92 Å². The van der Waals surface area contributed by atoms with Gasteiger partial charge in [-0.15, -0.1) is 0 Å². The van der Waals surface area contributed by atoms with Crippen LogP contribution in [-0.2, 0) is 14.3 Å². The Labute approximate surface area is 193 Å². The molecule has 1 saturated heterocycles. The molecule has 32 heavy (non-hydrogen) atoms. The van der Waals surface area contributed by atoms with Crippen LogP contribution in [0.4, 0.5) is 11.4 Å². The smallest absolute Gasteiger partial charge is 0.338 e. The Morgan fingerprint density at radius 2 is 1.75 bits per heavy atom. The number of carbonyl (C=O) groups is 3. The van der Waals surface area contributed by atoms with Gasteiger partial charge in [0.1, 0.15) is 6.61 Å². The van der Waals surface area contributed by atoms with Crippen molar-refractivity contribution in [2.45, 2.75) is 20.3 Å². The van der Waals surface area contributed by atoms with E-state index in [-0.39, 0.29) is 18.2 Å². The Morgan fingerprint density at radius 1 is 1.09 bits per heavy atom. The monoisotopic (exact) mass is 457 g/mol. The summed E-state index contributed by atoms with van der Waals surface area (Å²) in [4.78, 5) is 41.0. The lowest BCUT2D eigenvalue weighted by Crippen LogP contribution is -2.28. The third-order valence-corrected chi connectivity index (χ3v) is 5.81. The molecule has 7 nitrogen and oxygen atoms in total. The number of amides is 2. The van der Waals surface area contributed by atoms with E-state index in [1.54, 1.807) is 53.4 Å². The van der Waals surface area contributed by atoms with Gasteiger partial charge in [-0.25, -0.2) is 4.79 Å². The summed E-state index contributed by atoms with van der Waals surface area (Å²) in [7, 11) is 0. The van der Waals surface area contributed by atoms with Gasteiger partial charge in [-0.05, 0) is 61.6 Å². The normalized spacial score (nSPS) is 15.8. The molecule has 0 spiro atoms. The molecule has 1 aliphatic heterocycles. The summed E-state index contributed by atoms with van der Waals surface area (Å²) >= 11 is 5.91. The Bertz CT molecular complexity index is 943. The van der Waals surface area contributed by atoms with E-state index >= 15 is 0 Å². The molecule has 1 atom stereocenters. The van der Waals surface area contributed by atoms with Gasteiger partial charge in [0.25, 0.3) is 0 Å². The molecular formula is C24H28ClN3O4. The summed E-state index contributed by atoms with van der Waals surface area (Å²) in [5.74, 6) is -1.18. The second-order valence-corrected chi connectivity index (χ2v) is 8.05. The van der Waals surface area contributed by atoms with E-state index in [4.69, 9.17) is 16.3 Å². The average Bonchev–Trinajstić information content (AvgIpc) is 3.19. The van der Waals surface area contributed by atoms with Crippen molar-refractivity contribution in [1.82, 2.24) is 4.90 Å². The van der Waals surface area contributed by atoms with Crippen LogP contribution in [0.1, 0.15) is 30.6 Å². The molecule has 0 saturated carbocycles. The summed E-state index contributed by atoms with van der Waals surface area (Å²) in [6, 6.07) is 13.5. The number of benzene rings is 2. The highest BCUT2D eigenvalue weighted by molar-refractivity contribution is 6.30. The van der Waals surface area contributed by atoms with E-state index in [9.17, 15) is 14.4 Å². The number of anilines is 2. The zero-order chi connectivity index (χ0) is 23.1. The molecule has 1 unspecified atom stereocenters. The minimum absolute atomic E-state index is 0.102. The molecule has 0 bridgehead atoms. The number of esters is 1. The van der Waals surface area contributed by atoms with E-state index < -0.39 is 11.9 Å². The topological polar surface area (TPSA) is 79.0 Å². The number of nitrogens with zero attached hydrogens (tertiary/aromatic N) is 2. The number of hydrogen-bond donors (Lipinski definition) is 1. The van der Waals surface area contributed by atoms with Crippen molar-refractivity contribution in [3.63, 3.8) is 0 Å². The van der Waals surface area contributed by atoms with E-state index in [1.165, 1.54) is 0 Å². The number of hydrogen-bond acceptors (Lipinski definition) is 5. The fourth-order valence-electron chi connectivity index (χ4n) is 3.58. The van der Waals surface area contributed by atoms with Crippen LogP contribution in [0.15, 0.2) is 48.5 Å². The van der Waals surface area contributed by atoms with Crippen molar-refractivity contribution in [3.05, 3.63) is 59.1 Å². The molecule has 0 radical (unpaired) electrons. The summed E-state index contributed by atoms with van der Waals surface area (Å²) in [6.07, 6.45) is 0.144. The van der Waals surface area contributed by atoms with Crippen LogP contribution in [-0.4, -0.2) is 55.5 Å². The summed E-state index contributed by atoms with van der Waals surface area (Å²) in [6.45, 7) is 7.28. The first-order valence-corrected chi connectivity index (χ1v) is 11.1. The molecule has 1 heterocycles. The average molecular weight is 458 g/mol. The van der Waals surface area contributed by atoms with Gasteiger partial charge in [-0.3, -0.25) is 9.59 Å². The molecule has 3 rings (SSSR count). The van der Waals surface area contributed by atoms with Crippen LogP contribution in [0.2, 0.25) is 5.02 Å². The summed E-state index contributed by atoms with van der Waals surface area (Å²) in [5.41, 5.74) is 1.71. The number of halogens is 1. The molecule has 1 aliphatic rings. The van der Waals surface area contributed by atoms with E-state index in [0.717, 1.165) is 18.8 Å². The lowest BCUT2D eigenvalue weighted by Gasteiger charge is -2.17. The van der Waals surface area contributed by atoms with Gasteiger partial charge in [0, 0.05) is 35.9 Å². The zero-order valence-corrected chi connectivity index (χ0v) is 19.1. The van der Waals surface area contributed by atoms with Gasteiger partial charge in [-0.2, -0.15) is 0 Å². The van der Waals surface area contributed by atoms with Gasteiger partial charge in [0.05, 0.1) is 11.5 Å². The van der Waals surface area contributed by atoms with Crippen molar-refractivity contribution in [3.8, 4) is 0 Å². The van der Waals surface area contributed by atoms with Crippen molar-refractivity contribution in [2.75, 3.05) is 43.0 Å². The highest BCUT2D eigenvalue weighted by Crippen LogP contribution is 2.27. The van der Waals surface area contributed by atoms with Crippen molar-refractivity contribution < 1.29 is 19.1 Å². The Balaban J connectivity index is 1.52. The zero-order valence-electron chi connectivity index (χ0n) is 18.3. The number of ether oxygens (including phenoxy) is 1. The molecule has 0 aromatic heterocycles. The lowest BCUT2D eigenvalue weighted by atomic mass is 10.1. The number of nitrogens with one attached hydrogen (secondary N) is 1. The molecular weight excluding hydrogens is 430 g/mol. The maximum Gasteiger partial charge on any atom is 0.338 e. The predicted molar refractivity (Wildman–Crippen MR) is 125 cm³/mol. The molecule has 1 fully saturated rings. The van der Waals surface area contributed by atoms with Crippen LogP contribution >= 0.6 is 11.6 Å². The highest BCUT2D eigenvalue weighted by Gasteiger charge is 2.35. The quantitative estimate of drug-likeness (QED) is 0.579. The van der Waals surface area contributed by atoms with Gasteiger partial charge < -0.3 is 19.9 Å². The third-order valence-electron chi connectivity index (χ3n) is 5.56. The highest BCUT2D eigenvalue weighted by atomic mass is 35.5. The number of rotatable bonds is 9. The standard InChI is InChI=1S/C24H28ClN3O4/c1-3-27(4-2)13-14-32-24(31)17-5-9-20(10-6-17)26-23(30)18-15-22(29)28(16-18)21-11-7-19(25)8-12-21/h5-12,18H,3-4,13-16H2,1-2H3,(H,26,30). The molecule has 170 valence electrons. The third kappa shape index (κ3) is 6.08. The van der Waals surface area contributed by atoms with Gasteiger partial charge >= 0.3 is 5.97 Å². The first-order chi connectivity index (χ1) is 15.4. The summed E-state index contributed by atoms with van der Waals surface area (Å²) < 4.78 is 5.32. The molecule has 2 aromatic rings.